The number of nitro groups is 1. The van der Waals surface area contributed by atoms with Gasteiger partial charge in [-0.1, -0.05) is 6.07 Å². The van der Waals surface area contributed by atoms with Gasteiger partial charge in [-0.25, -0.2) is 9.59 Å². The highest BCUT2D eigenvalue weighted by atomic mass is 16.6. The molecule has 0 bridgehead atoms. The van der Waals surface area contributed by atoms with Gasteiger partial charge in [0.2, 0.25) is 0 Å². The maximum Gasteiger partial charge on any atom is 0.348 e. The van der Waals surface area contributed by atoms with Crippen molar-refractivity contribution < 1.29 is 28.7 Å². The molecule has 0 heterocycles. The molecule has 0 aliphatic rings. The monoisotopic (exact) mass is 410 g/mol. The topological polar surface area (TPSA) is 129 Å². The number of nitrogens with zero attached hydrogens (tertiary/aromatic N) is 2. The zero-order valence-electron chi connectivity index (χ0n) is 16.5. The molecule has 0 fully saturated rings. The third-order valence-corrected chi connectivity index (χ3v) is 3.95. The van der Waals surface area contributed by atoms with E-state index in [4.69, 9.17) is 19.5 Å². The van der Waals surface area contributed by atoms with Crippen LogP contribution in [0, 0.1) is 28.4 Å². The number of nitro benzene ring substituents is 1. The van der Waals surface area contributed by atoms with E-state index in [0.29, 0.717) is 11.1 Å². The average molecular weight is 410 g/mol. The van der Waals surface area contributed by atoms with Crippen molar-refractivity contribution in [3.05, 3.63) is 68.8 Å². The Labute approximate surface area is 172 Å². The van der Waals surface area contributed by atoms with Crippen LogP contribution >= 0.6 is 0 Å². The second-order valence-corrected chi connectivity index (χ2v) is 5.95. The van der Waals surface area contributed by atoms with Crippen LogP contribution in [-0.4, -0.2) is 30.6 Å². The minimum Gasteiger partial charge on any atom is -0.493 e. The molecule has 30 heavy (non-hydrogen) atoms. The van der Waals surface area contributed by atoms with E-state index in [1.807, 2.05) is 0 Å². The van der Waals surface area contributed by atoms with Crippen LogP contribution in [0.5, 0.6) is 11.5 Å². The van der Waals surface area contributed by atoms with Crippen molar-refractivity contribution >= 4 is 23.7 Å². The number of methoxy groups -OCH3 is 1. The molecule has 9 heteroatoms. The van der Waals surface area contributed by atoms with Crippen molar-refractivity contribution in [2.45, 2.75) is 13.8 Å². The van der Waals surface area contributed by atoms with Crippen LogP contribution in [0.15, 0.2) is 42.0 Å². The Morgan fingerprint density at radius 3 is 2.50 bits per heavy atom. The molecule has 0 N–H and O–H groups in total. The molecule has 0 radical (unpaired) electrons. The van der Waals surface area contributed by atoms with Gasteiger partial charge >= 0.3 is 11.9 Å². The molecule has 0 amide bonds. The highest BCUT2D eigenvalue weighted by molar-refractivity contribution is 5.98. The van der Waals surface area contributed by atoms with Gasteiger partial charge < -0.3 is 14.2 Å². The van der Waals surface area contributed by atoms with E-state index in [-0.39, 0.29) is 34.9 Å². The normalized spacial score (nSPS) is 10.7. The minimum atomic E-state index is -0.747. The number of ether oxygens (including phenoxy) is 3. The smallest absolute Gasteiger partial charge is 0.348 e. The number of rotatable bonds is 7. The number of esters is 2. The van der Waals surface area contributed by atoms with Crippen LogP contribution in [0.25, 0.3) is 6.08 Å². The molecule has 0 atom stereocenters. The molecule has 0 saturated heterocycles. The first-order valence-electron chi connectivity index (χ1n) is 8.74. The lowest BCUT2D eigenvalue weighted by molar-refractivity contribution is -0.385. The summed E-state index contributed by atoms with van der Waals surface area (Å²) in [5, 5.41) is 20.0. The average Bonchev–Trinajstić information content (AvgIpc) is 2.72. The summed E-state index contributed by atoms with van der Waals surface area (Å²) in [6.07, 6.45) is 1.33. The van der Waals surface area contributed by atoms with Crippen molar-refractivity contribution in [3.8, 4) is 17.6 Å². The largest absolute Gasteiger partial charge is 0.493 e. The van der Waals surface area contributed by atoms with E-state index in [0.717, 1.165) is 0 Å². The summed E-state index contributed by atoms with van der Waals surface area (Å²) in [5.41, 5.74) is 0.630. The lowest BCUT2D eigenvalue weighted by Gasteiger charge is -2.10. The van der Waals surface area contributed by atoms with Gasteiger partial charge in [0.1, 0.15) is 11.6 Å². The van der Waals surface area contributed by atoms with Crippen LogP contribution in [0.2, 0.25) is 0 Å². The molecule has 0 unspecified atom stereocenters. The molecule has 0 aliphatic heterocycles. The fourth-order valence-electron chi connectivity index (χ4n) is 2.52. The first kappa shape index (κ1) is 22.1. The van der Waals surface area contributed by atoms with Crippen LogP contribution in [-0.2, 0) is 9.53 Å². The van der Waals surface area contributed by atoms with E-state index < -0.39 is 16.9 Å². The number of hydrogen-bond acceptors (Lipinski definition) is 8. The van der Waals surface area contributed by atoms with Gasteiger partial charge in [0.05, 0.1) is 24.2 Å². The van der Waals surface area contributed by atoms with Gasteiger partial charge in [0, 0.05) is 11.6 Å². The van der Waals surface area contributed by atoms with Crippen LogP contribution in [0.4, 0.5) is 5.69 Å². The quantitative estimate of drug-likeness (QED) is 0.169. The number of carbonyl (C=O) groups is 2. The van der Waals surface area contributed by atoms with Gasteiger partial charge in [-0.15, -0.1) is 0 Å². The first-order valence-corrected chi connectivity index (χ1v) is 8.74. The lowest BCUT2D eigenvalue weighted by Crippen LogP contribution is -2.10. The third-order valence-electron chi connectivity index (χ3n) is 3.95. The predicted octanol–water partition coefficient (Wildman–Crippen LogP) is 3.60. The second kappa shape index (κ2) is 9.84. The predicted molar refractivity (Wildman–Crippen MR) is 106 cm³/mol. The van der Waals surface area contributed by atoms with Gasteiger partial charge in [0.15, 0.2) is 11.5 Å². The van der Waals surface area contributed by atoms with Crippen LogP contribution in [0.3, 0.4) is 0 Å². The maximum absolute atomic E-state index is 12.4. The van der Waals surface area contributed by atoms with E-state index in [1.165, 1.54) is 56.5 Å². The van der Waals surface area contributed by atoms with Gasteiger partial charge in [-0.2, -0.15) is 5.26 Å². The Kier molecular flexibility index (Phi) is 7.25. The summed E-state index contributed by atoms with van der Waals surface area (Å²) in [6.45, 7) is 3.29. The molecule has 0 saturated carbocycles. The van der Waals surface area contributed by atoms with Gasteiger partial charge in [0.25, 0.3) is 5.69 Å². The number of benzene rings is 2. The van der Waals surface area contributed by atoms with Crippen molar-refractivity contribution in [2.75, 3.05) is 13.7 Å². The Hall–Kier alpha value is -4.19. The highest BCUT2D eigenvalue weighted by Gasteiger charge is 2.17. The van der Waals surface area contributed by atoms with Crippen molar-refractivity contribution in [2.24, 2.45) is 0 Å². The zero-order valence-corrected chi connectivity index (χ0v) is 16.5. The van der Waals surface area contributed by atoms with Crippen LogP contribution < -0.4 is 9.47 Å². The van der Waals surface area contributed by atoms with Crippen molar-refractivity contribution in [1.29, 1.82) is 5.26 Å². The fraction of sp³-hybridized carbons (Fsp3) is 0.190. The molecule has 2 aromatic carbocycles. The molecule has 0 aromatic heterocycles. The summed E-state index contributed by atoms with van der Waals surface area (Å²) in [4.78, 5) is 34.5. The van der Waals surface area contributed by atoms with Gasteiger partial charge in [-0.05, 0) is 49.8 Å². The molecule has 2 aromatic rings. The molecular weight excluding hydrogens is 392 g/mol. The number of aryl methyl sites for hydroxylation is 1. The zero-order chi connectivity index (χ0) is 22.3. The van der Waals surface area contributed by atoms with Crippen molar-refractivity contribution in [3.63, 3.8) is 0 Å². The fourth-order valence-corrected chi connectivity index (χ4v) is 2.52. The molecule has 0 aliphatic carbocycles. The maximum atomic E-state index is 12.4. The summed E-state index contributed by atoms with van der Waals surface area (Å²) in [5.74, 6) is -1.18. The second-order valence-electron chi connectivity index (χ2n) is 5.95. The lowest BCUT2D eigenvalue weighted by atomic mass is 10.1. The van der Waals surface area contributed by atoms with E-state index in [9.17, 15) is 19.7 Å². The number of carbonyl (C=O) groups excluding carboxylic acids is 2. The number of hydrogen-bond donors (Lipinski definition) is 0. The molecule has 0 spiro atoms. The summed E-state index contributed by atoms with van der Waals surface area (Å²) < 4.78 is 15.4. The first-order chi connectivity index (χ1) is 14.3. The SMILES string of the molecule is CCOC(=O)C(C#N)=Cc1ccc(OC(=O)c2ccc([N+](=O)[O-])c(C)c2)c(OC)c1. The Morgan fingerprint density at radius 2 is 1.93 bits per heavy atom. The number of nitriles is 1. The van der Waals surface area contributed by atoms with Gasteiger partial charge in [-0.3, -0.25) is 10.1 Å². The molecule has 9 nitrogen and oxygen atoms in total. The Bertz CT molecular complexity index is 1070. The standard InChI is InChI=1S/C21H18N2O7/c1-4-29-20(24)16(12-22)10-14-5-8-18(19(11-14)28-3)30-21(25)15-6-7-17(23(26)27)13(2)9-15/h5-11H,4H2,1-3H3. The molecule has 2 rings (SSSR count). The minimum absolute atomic E-state index is 0.102. The Morgan fingerprint density at radius 1 is 1.20 bits per heavy atom. The van der Waals surface area contributed by atoms with E-state index in [1.54, 1.807) is 13.0 Å². The highest BCUT2D eigenvalue weighted by Crippen LogP contribution is 2.30. The summed E-state index contributed by atoms with van der Waals surface area (Å²) >= 11 is 0. The van der Waals surface area contributed by atoms with E-state index in [2.05, 4.69) is 0 Å². The van der Waals surface area contributed by atoms with E-state index >= 15 is 0 Å². The molecule has 154 valence electrons. The summed E-state index contributed by atoms with van der Waals surface area (Å²) in [6, 6.07) is 10.1. The van der Waals surface area contributed by atoms with Crippen molar-refractivity contribution in [1.82, 2.24) is 0 Å². The van der Waals surface area contributed by atoms with Crippen LogP contribution in [0.1, 0.15) is 28.4 Å². The Balaban J connectivity index is 2.28. The third kappa shape index (κ3) is 5.20. The molecular formula is C21H18N2O7. The summed E-state index contributed by atoms with van der Waals surface area (Å²) in [7, 11) is 1.37.